The molecular formula is C15H11N3O6. The number of amides is 2. The molecule has 0 radical (unpaired) electrons. The lowest BCUT2D eigenvalue weighted by Gasteiger charge is -2.11. The van der Waals surface area contributed by atoms with Crippen LogP contribution in [0.15, 0.2) is 30.3 Å². The highest BCUT2D eigenvalue weighted by Gasteiger charge is 2.39. The summed E-state index contributed by atoms with van der Waals surface area (Å²) in [7, 11) is 0. The summed E-state index contributed by atoms with van der Waals surface area (Å²) in [4.78, 5) is 52.6. The predicted molar refractivity (Wildman–Crippen MR) is 76.9 cm³/mol. The van der Waals surface area contributed by atoms with Crippen molar-refractivity contribution in [2.75, 3.05) is 6.61 Å². The topological polar surface area (TPSA) is 119 Å². The number of hydrogen-bond donors (Lipinski definition) is 1. The number of ether oxygens (including phenoxy) is 1. The molecule has 3 rings (SSSR count). The first-order valence-electron chi connectivity index (χ1n) is 6.95. The van der Waals surface area contributed by atoms with Crippen molar-refractivity contribution in [2.24, 2.45) is 0 Å². The Kier molecular flexibility index (Phi) is 3.82. The molecule has 0 unspecified atom stereocenters. The minimum atomic E-state index is -1.06. The zero-order valence-electron chi connectivity index (χ0n) is 12.4. The number of carbonyl (C=O) groups excluding carboxylic acids is 4. The lowest BCUT2D eigenvalue weighted by atomic mass is 10.1. The first-order valence-corrected chi connectivity index (χ1v) is 6.95. The minimum Gasteiger partial charge on any atom is -0.461 e. The molecule has 122 valence electrons. The van der Waals surface area contributed by atoms with Crippen LogP contribution in [0.5, 0.6) is 0 Å². The Morgan fingerprint density at radius 3 is 2.33 bits per heavy atom. The molecule has 2 heterocycles. The van der Waals surface area contributed by atoms with Crippen molar-refractivity contribution >= 4 is 23.8 Å². The van der Waals surface area contributed by atoms with E-state index in [1.165, 1.54) is 12.1 Å². The second-order valence-corrected chi connectivity index (χ2v) is 4.72. The van der Waals surface area contributed by atoms with Crippen molar-refractivity contribution < 1.29 is 28.8 Å². The van der Waals surface area contributed by atoms with Gasteiger partial charge in [-0.15, -0.1) is 0 Å². The van der Waals surface area contributed by atoms with E-state index in [0.29, 0.717) is 5.06 Å². The molecule has 0 atom stereocenters. The summed E-state index contributed by atoms with van der Waals surface area (Å²) in [6.45, 7) is 1.79. The molecule has 0 spiro atoms. The Labute approximate surface area is 135 Å². The Balaban J connectivity index is 1.76. The molecule has 2 amide bonds. The maximum Gasteiger partial charge on any atom is 0.384 e. The van der Waals surface area contributed by atoms with E-state index in [1.807, 2.05) is 0 Å². The van der Waals surface area contributed by atoms with Crippen LogP contribution in [0.4, 0.5) is 0 Å². The fraction of sp³-hybridized carbons (Fsp3) is 0.133. The average molecular weight is 329 g/mol. The van der Waals surface area contributed by atoms with Crippen molar-refractivity contribution in [1.29, 1.82) is 0 Å². The van der Waals surface area contributed by atoms with Crippen molar-refractivity contribution in [3.8, 4) is 0 Å². The van der Waals surface area contributed by atoms with Gasteiger partial charge in [0.2, 0.25) is 0 Å². The molecule has 0 aliphatic carbocycles. The number of esters is 1. The third-order valence-corrected chi connectivity index (χ3v) is 3.21. The van der Waals surface area contributed by atoms with Gasteiger partial charge in [0.05, 0.1) is 17.7 Å². The molecule has 24 heavy (non-hydrogen) atoms. The van der Waals surface area contributed by atoms with Crippen molar-refractivity contribution in [3.05, 3.63) is 52.8 Å². The Hall–Kier alpha value is -3.49. The zero-order chi connectivity index (χ0) is 17.3. The van der Waals surface area contributed by atoms with Gasteiger partial charge in [-0.3, -0.25) is 14.7 Å². The number of H-pyrrole nitrogens is 1. The van der Waals surface area contributed by atoms with Gasteiger partial charge in [0, 0.05) is 6.07 Å². The fourth-order valence-corrected chi connectivity index (χ4v) is 2.12. The third kappa shape index (κ3) is 2.51. The smallest absolute Gasteiger partial charge is 0.384 e. The van der Waals surface area contributed by atoms with Crippen molar-refractivity contribution in [3.63, 3.8) is 0 Å². The summed E-state index contributed by atoms with van der Waals surface area (Å²) >= 11 is 0. The fourth-order valence-electron chi connectivity index (χ4n) is 2.12. The summed E-state index contributed by atoms with van der Waals surface area (Å²) < 4.78 is 4.75. The van der Waals surface area contributed by atoms with E-state index in [2.05, 4.69) is 10.2 Å². The molecule has 0 saturated heterocycles. The Morgan fingerprint density at radius 2 is 1.75 bits per heavy atom. The number of nitrogens with zero attached hydrogens (tertiary/aromatic N) is 2. The number of imide groups is 1. The standard InChI is InChI=1S/C15H11N3O6/c1-2-23-14(21)10-7-11(17-16-10)15(22)24-18-12(19)8-5-3-4-6-9(8)13(18)20/h3-7H,2H2,1H3,(H,16,17). The van der Waals surface area contributed by atoms with Crippen LogP contribution in [0.2, 0.25) is 0 Å². The minimum absolute atomic E-state index is 0.0499. The Morgan fingerprint density at radius 1 is 1.12 bits per heavy atom. The van der Waals surface area contributed by atoms with Gasteiger partial charge in [-0.05, 0) is 19.1 Å². The molecule has 1 aromatic heterocycles. The van der Waals surface area contributed by atoms with Gasteiger partial charge in [0.1, 0.15) is 5.69 Å². The monoisotopic (exact) mass is 329 g/mol. The van der Waals surface area contributed by atoms with Gasteiger partial charge < -0.3 is 9.57 Å². The Bertz CT molecular complexity index is 821. The van der Waals surface area contributed by atoms with Crippen LogP contribution in [0, 0.1) is 0 Å². The molecule has 9 heteroatoms. The lowest BCUT2D eigenvalue weighted by Crippen LogP contribution is -2.32. The number of hydroxylamine groups is 2. The van der Waals surface area contributed by atoms with Gasteiger partial charge in [-0.25, -0.2) is 9.59 Å². The maximum absolute atomic E-state index is 12.1. The van der Waals surface area contributed by atoms with Crippen LogP contribution in [-0.4, -0.2) is 45.6 Å². The van der Waals surface area contributed by atoms with Gasteiger partial charge in [-0.2, -0.15) is 5.10 Å². The number of hydrogen-bond acceptors (Lipinski definition) is 7. The van der Waals surface area contributed by atoms with Gasteiger partial charge >= 0.3 is 11.9 Å². The second kappa shape index (κ2) is 5.95. The molecular weight excluding hydrogens is 318 g/mol. The summed E-state index contributed by atoms with van der Waals surface area (Å²) in [6.07, 6.45) is 0. The highest BCUT2D eigenvalue weighted by molar-refractivity contribution is 6.21. The van der Waals surface area contributed by atoms with E-state index in [0.717, 1.165) is 6.07 Å². The van der Waals surface area contributed by atoms with E-state index in [-0.39, 0.29) is 29.1 Å². The maximum atomic E-state index is 12.1. The van der Waals surface area contributed by atoms with Crippen LogP contribution < -0.4 is 0 Å². The summed E-state index contributed by atoms with van der Waals surface area (Å²) in [5, 5.41) is 6.30. The van der Waals surface area contributed by atoms with Gasteiger partial charge in [-0.1, -0.05) is 17.2 Å². The highest BCUT2D eigenvalue weighted by Crippen LogP contribution is 2.23. The van der Waals surface area contributed by atoms with Crippen molar-refractivity contribution in [1.82, 2.24) is 15.3 Å². The highest BCUT2D eigenvalue weighted by atomic mass is 16.7. The third-order valence-electron chi connectivity index (χ3n) is 3.21. The number of benzene rings is 1. The lowest BCUT2D eigenvalue weighted by molar-refractivity contribution is -0.0588. The predicted octanol–water partition coefficient (Wildman–Crippen LogP) is 0.954. The van der Waals surface area contributed by atoms with Crippen molar-refractivity contribution in [2.45, 2.75) is 6.92 Å². The largest absolute Gasteiger partial charge is 0.461 e. The average Bonchev–Trinajstić information content (AvgIpc) is 3.16. The van der Waals surface area contributed by atoms with Crippen LogP contribution in [-0.2, 0) is 9.57 Å². The molecule has 9 nitrogen and oxygen atoms in total. The van der Waals surface area contributed by atoms with Crippen LogP contribution in [0.1, 0.15) is 48.6 Å². The van der Waals surface area contributed by atoms with E-state index in [4.69, 9.17) is 9.57 Å². The van der Waals surface area contributed by atoms with Gasteiger partial charge in [0.15, 0.2) is 5.69 Å². The normalized spacial score (nSPS) is 13.0. The number of rotatable bonds is 4. The zero-order valence-corrected chi connectivity index (χ0v) is 12.4. The number of carbonyl (C=O) groups is 4. The molecule has 1 aromatic carbocycles. The summed E-state index contributed by atoms with van der Waals surface area (Å²) in [5.41, 5.74) is -0.0325. The first kappa shape index (κ1) is 15.4. The molecule has 0 fully saturated rings. The van der Waals surface area contributed by atoms with Crippen LogP contribution in [0.3, 0.4) is 0 Å². The van der Waals surface area contributed by atoms with E-state index in [1.54, 1.807) is 19.1 Å². The van der Waals surface area contributed by atoms with Crippen LogP contribution >= 0.6 is 0 Å². The number of aromatic nitrogens is 2. The van der Waals surface area contributed by atoms with E-state index < -0.39 is 23.8 Å². The molecule has 1 N–H and O–H groups in total. The molecule has 1 aliphatic heterocycles. The van der Waals surface area contributed by atoms with E-state index in [9.17, 15) is 19.2 Å². The molecule has 2 aromatic rings. The number of nitrogens with one attached hydrogen (secondary N) is 1. The SMILES string of the molecule is CCOC(=O)c1cc(C(=O)ON2C(=O)c3ccccc3C2=O)n[nH]1. The first-order chi connectivity index (χ1) is 11.5. The van der Waals surface area contributed by atoms with E-state index >= 15 is 0 Å². The molecule has 1 aliphatic rings. The molecule has 0 saturated carbocycles. The van der Waals surface area contributed by atoms with Gasteiger partial charge in [0.25, 0.3) is 11.8 Å². The number of aromatic amines is 1. The van der Waals surface area contributed by atoms with Crippen LogP contribution in [0.25, 0.3) is 0 Å². The molecule has 0 bridgehead atoms. The second-order valence-electron chi connectivity index (χ2n) is 4.72. The summed E-state index contributed by atoms with van der Waals surface area (Å²) in [6, 6.07) is 7.20. The quantitative estimate of drug-likeness (QED) is 0.655. The number of fused-ring (bicyclic) bond motifs is 1. The summed E-state index contributed by atoms with van der Waals surface area (Å²) in [5.74, 6) is -3.24.